The summed E-state index contributed by atoms with van der Waals surface area (Å²) in [7, 11) is -1.58. The van der Waals surface area contributed by atoms with E-state index < -0.39 is 10.0 Å². The fourth-order valence-electron chi connectivity index (χ4n) is 2.72. The van der Waals surface area contributed by atoms with Crippen molar-refractivity contribution in [2.75, 3.05) is 31.3 Å². The van der Waals surface area contributed by atoms with Gasteiger partial charge in [0.1, 0.15) is 5.52 Å². The highest BCUT2D eigenvalue weighted by Gasteiger charge is 2.29. The van der Waals surface area contributed by atoms with Crippen molar-refractivity contribution in [1.82, 2.24) is 9.29 Å². The molecule has 2 aromatic rings. The Balaban J connectivity index is 1.84. The number of aromatic nitrogens is 1. The maximum atomic E-state index is 11.7. The van der Waals surface area contributed by atoms with Crippen LogP contribution in [-0.2, 0) is 10.0 Å². The Morgan fingerprint density at radius 1 is 1.45 bits per heavy atom. The van der Waals surface area contributed by atoms with Gasteiger partial charge in [-0.15, -0.1) is 0 Å². The molecule has 1 aliphatic heterocycles. The van der Waals surface area contributed by atoms with Gasteiger partial charge in [-0.1, -0.05) is 11.6 Å². The van der Waals surface area contributed by atoms with Gasteiger partial charge >= 0.3 is 0 Å². The van der Waals surface area contributed by atoms with Gasteiger partial charge in [-0.05, 0) is 25.0 Å². The first-order valence-electron chi connectivity index (χ1n) is 7.08. The molecule has 0 radical (unpaired) electrons. The van der Waals surface area contributed by atoms with Crippen LogP contribution in [0.2, 0.25) is 5.02 Å². The highest BCUT2D eigenvalue weighted by Crippen LogP contribution is 2.27. The van der Waals surface area contributed by atoms with E-state index >= 15 is 0 Å². The van der Waals surface area contributed by atoms with Crippen molar-refractivity contribution in [3.05, 3.63) is 23.2 Å². The summed E-state index contributed by atoms with van der Waals surface area (Å²) in [5.41, 5.74) is 1.39. The predicted molar refractivity (Wildman–Crippen MR) is 86.9 cm³/mol. The topological polar surface area (TPSA) is 66.7 Å². The molecule has 0 amide bonds. The van der Waals surface area contributed by atoms with Crippen LogP contribution in [-0.4, -0.2) is 50.1 Å². The minimum atomic E-state index is -3.20. The lowest BCUT2D eigenvalue weighted by Crippen LogP contribution is -2.48. The van der Waals surface area contributed by atoms with Gasteiger partial charge in [-0.3, -0.25) is 0 Å². The average molecular weight is 344 g/mol. The van der Waals surface area contributed by atoms with Gasteiger partial charge in [0.05, 0.1) is 6.26 Å². The quantitative estimate of drug-likeness (QED) is 0.855. The van der Waals surface area contributed by atoms with Crippen molar-refractivity contribution < 1.29 is 12.8 Å². The van der Waals surface area contributed by atoms with Crippen molar-refractivity contribution in [2.24, 2.45) is 0 Å². The number of hydrogen-bond acceptors (Lipinski definition) is 5. The zero-order chi connectivity index (χ0) is 15.9. The van der Waals surface area contributed by atoms with E-state index in [0.717, 1.165) is 24.9 Å². The second-order valence-corrected chi connectivity index (χ2v) is 8.11. The number of oxazole rings is 1. The number of piperidine rings is 1. The molecule has 6 nitrogen and oxygen atoms in total. The third-order valence-electron chi connectivity index (χ3n) is 4.04. The number of likely N-dealkylation sites (N-methyl/N-ethyl adjacent to an activating group) is 1. The number of halogens is 1. The summed E-state index contributed by atoms with van der Waals surface area (Å²) >= 11 is 5.95. The van der Waals surface area contributed by atoms with E-state index in [9.17, 15) is 8.42 Å². The largest absolute Gasteiger partial charge is 0.423 e. The van der Waals surface area contributed by atoms with E-state index in [-0.39, 0.29) is 6.04 Å². The number of hydrogen-bond donors (Lipinski definition) is 0. The molecule has 8 heteroatoms. The second-order valence-electron chi connectivity index (χ2n) is 5.63. The van der Waals surface area contributed by atoms with E-state index in [1.807, 2.05) is 11.0 Å². The van der Waals surface area contributed by atoms with Crippen LogP contribution in [0.4, 0.5) is 6.01 Å². The molecular formula is C14H18ClN3O3S. The van der Waals surface area contributed by atoms with Crippen LogP contribution >= 0.6 is 11.6 Å². The molecule has 1 aliphatic rings. The molecule has 0 spiro atoms. The first-order valence-corrected chi connectivity index (χ1v) is 9.31. The number of fused-ring (bicyclic) bond motifs is 1. The zero-order valence-electron chi connectivity index (χ0n) is 12.5. The Hall–Kier alpha value is -1.31. The molecular weight excluding hydrogens is 326 g/mol. The Bertz CT molecular complexity index is 790. The standard InChI is InChI=1S/C14H18ClN3O3S/c1-17(22(2,19)20)11-4-3-7-18(9-11)14-16-12-6-5-10(15)8-13(12)21-14/h5-6,8,11H,3-4,7,9H2,1-2H3. The maximum Gasteiger partial charge on any atom is 0.298 e. The summed E-state index contributed by atoms with van der Waals surface area (Å²) in [6.45, 7) is 1.37. The molecule has 1 aromatic heterocycles. The van der Waals surface area contributed by atoms with Gasteiger partial charge in [0, 0.05) is 37.3 Å². The highest BCUT2D eigenvalue weighted by atomic mass is 35.5. The van der Waals surface area contributed by atoms with Crippen LogP contribution in [0.5, 0.6) is 0 Å². The Kier molecular flexibility index (Phi) is 4.05. The van der Waals surface area contributed by atoms with Gasteiger partial charge in [0.25, 0.3) is 6.01 Å². The number of nitrogens with zero attached hydrogens (tertiary/aromatic N) is 3. The summed E-state index contributed by atoms with van der Waals surface area (Å²) in [5, 5.41) is 0.600. The SMILES string of the molecule is CN(C1CCCN(c2nc3ccc(Cl)cc3o2)C1)S(C)(=O)=O. The van der Waals surface area contributed by atoms with Crippen molar-refractivity contribution in [2.45, 2.75) is 18.9 Å². The molecule has 1 atom stereocenters. The minimum absolute atomic E-state index is 0.0673. The van der Waals surface area contributed by atoms with Crippen LogP contribution in [0.1, 0.15) is 12.8 Å². The van der Waals surface area contributed by atoms with Gasteiger partial charge in [-0.2, -0.15) is 4.98 Å². The van der Waals surface area contributed by atoms with Crippen molar-refractivity contribution >= 4 is 38.7 Å². The summed E-state index contributed by atoms with van der Waals surface area (Å²) in [6, 6.07) is 5.77. The maximum absolute atomic E-state index is 11.7. The third-order valence-corrected chi connectivity index (χ3v) is 5.62. The Labute approximate surface area is 134 Å². The molecule has 0 N–H and O–H groups in total. The molecule has 1 fully saturated rings. The molecule has 1 saturated heterocycles. The highest BCUT2D eigenvalue weighted by molar-refractivity contribution is 7.88. The van der Waals surface area contributed by atoms with E-state index in [4.69, 9.17) is 16.0 Å². The van der Waals surface area contributed by atoms with E-state index in [0.29, 0.717) is 23.2 Å². The molecule has 1 aromatic carbocycles. The summed E-state index contributed by atoms with van der Waals surface area (Å²) in [6.07, 6.45) is 2.96. The summed E-state index contributed by atoms with van der Waals surface area (Å²) < 4.78 is 30.6. The lowest BCUT2D eigenvalue weighted by Gasteiger charge is -2.35. The monoisotopic (exact) mass is 343 g/mol. The van der Waals surface area contributed by atoms with Crippen LogP contribution in [0, 0.1) is 0 Å². The fourth-order valence-corrected chi connectivity index (χ4v) is 3.59. The Morgan fingerprint density at radius 2 is 2.23 bits per heavy atom. The number of sulfonamides is 1. The molecule has 120 valence electrons. The van der Waals surface area contributed by atoms with Gasteiger partial charge in [-0.25, -0.2) is 12.7 Å². The molecule has 3 rings (SSSR count). The summed E-state index contributed by atoms with van der Waals surface area (Å²) in [4.78, 5) is 6.46. The smallest absolute Gasteiger partial charge is 0.298 e. The number of rotatable bonds is 3. The van der Waals surface area contributed by atoms with E-state index in [2.05, 4.69) is 4.98 Å². The first kappa shape index (κ1) is 15.6. The predicted octanol–water partition coefficient (Wildman–Crippen LogP) is 2.34. The minimum Gasteiger partial charge on any atom is -0.423 e. The summed E-state index contributed by atoms with van der Waals surface area (Å²) in [5.74, 6) is 0. The first-order chi connectivity index (χ1) is 10.3. The molecule has 0 saturated carbocycles. The lowest BCUT2D eigenvalue weighted by atomic mass is 10.1. The van der Waals surface area contributed by atoms with Gasteiger partial charge in [0.15, 0.2) is 5.58 Å². The molecule has 1 unspecified atom stereocenters. The van der Waals surface area contributed by atoms with Gasteiger partial charge < -0.3 is 9.32 Å². The van der Waals surface area contributed by atoms with Crippen LogP contribution in [0.25, 0.3) is 11.1 Å². The van der Waals surface area contributed by atoms with E-state index in [1.165, 1.54) is 10.6 Å². The molecule has 2 heterocycles. The van der Waals surface area contributed by atoms with Crippen LogP contribution < -0.4 is 4.90 Å². The lowest BCUT2D eigenvalue weighted by molar-refractivity contribution is 0.315. The van der Waals surface area contributed by atoms with Crippen molar-refractivity contribution in [3.8, 4) is 0 Å². The molecule has 22 heavy (non-hydrogen) atoms. The van der Waals surface area contributed by atoms with Crippen molar-refractivity contribution in [1.29, 1.82) is 0 Å². The van der Waals surface area contributed by atoms with E-state index in [1.54, 1.807) is 19.2 Å². The van der Waals surface area contributed by atoms with Gasteiger partial charge in [0.2, 0.25) is 10.0 Å². The molecule has 0 bridgehead atoms. The Morgan fingerprint density at radius 3 is 2.95 bits per heavy atom. The van der Waals surface area contributed by atoms with Crippen LogP contribution in [0.3, 0.4) is 0 Å². The molecule has 0 aliphatic carbocycles. The average Bonchev–Trinajstić information content (AvgIpc) is 2.88. The zero-order valence-corrected chi connectivity index (χ0v) is 14.1. The van der Waals surface area contributed by atoms with Crippen LogP contribution in [0.15, 0.2) is 22.6 Å². The fraction of sp³-hybridized carbons (Fsp3) is 0.500. The normalized spacial score (nSPS) is 20.0. The number of benzene rings is 1. The van der Waals surface area contributed by atoms with Crippen molar-refractivity contribution in [3.63, 3.8) is 0 Å². The second kappa shape index (κ2) is 5.72. The third kappa shape index (κ3) is 3.06. The number of anilines is 1.